The molecule has 1 aliphatic carbocycles. The highest BCUT2D eigenvalue weighted by Gasteiger charge is 2.36. The van der Waals surface area contributed by atoms with E-state index in [4.69, 9.17) is 0 Å². The van der Waals surface area contributed by atoms with Gasteiger partial charge in [-0.3, -0.25) is 0 Å². The number of rotatable bonds is 5. The van der Waals surface area contributed by atoms with Gasteiger partial charge in [0.1, 0.15) is 0 Å². The van der Waals surface area contributed by atoms with Crippen LogP contribution in [0, 0.1) is 5.92 Å². The maximum Gasteiger partial charge on any atom is 0.0636 e. The molecule has 0 bridgehead atoms. The first-order valence-electron chi connectivity index (χ1n) is 6.52. The minimum absolute atomic E-state index is 0.250. The van der Waals surface area contributed by atoms with Gasteiger partial charge in [0.15, 0.2) is 0 Å². The Balaban J connectivity index is 2.51. The highest BCUT2D eigenvalue weighted by atomic mass is 16.3. The van der Waals surface area contributed by atoms with Crippen molar-refractivity contribution in [2.24, 2.45) is 5.92 Å². The van der Waals surface area contributed by atoms with E-state index in [1.807, 2.05) is 6.92 Å². The molecule has 0 amide bonds. The summed E-state index contributed by atoms with van der Waals surface area (Å²) in [7, 11) is 4.37. The lowest BCUT2D eigenvalue weighted by Gasteiger charge is -2.45. The molecule has 2 N–H and O–H groups in total. The third-order valence-corrected chi connectivity index (χ3v) is 3.91. The van der Waals surface area contributed by atoms with Crippen LogP contribution in [0.5, 0.6) is 0 Å². The van der Waals surface area contributed by atoms with Gasteiger partial charge in [0.25, 0.3) is 0 Å². The quantitative estimate of drug-likeness (QED) is 0.748. The fourth-order valence-electron chi connectivity index (χ4n) is 2.87. The zero-order valence-electron chi connectivity index (χ0n) is 11.3. The molecule has 0 radical (unpaired) electrons. The van der Waals surface area contributed by atoms with E-state index in [9.17, 15) is 5.11 Å². The van der Waals surface area contributed by atoms with Crippen LogP contribution in [0.15, 0.2) is 0 Å². The summed E-state index contributed by atoms with van der Waals surface area (Å²) in [6, 6.07) is 0. The molecule has 0 aliphatic heterocycles. The summed E-state index contributed by atoms with van der Waals surface area (Å²) in [5.74, 6) is 0.824. The van der Waals surface area contributed by atoms with E-state index in [2.05, 4.69) is 31.2 Å². The molecule has 3 nitrogen and oxygen atoms in total. The number of nitrogens with one attached hydrogen (secondary N) is 1. The number of hydrogen-bond donors (Lipinski definition) is 2. The van der Waals surface area contributed by atoms with Crippen LogP contribution in [0.3, 0.4) is 0 Å². The second-order valence-electron chi connectivity index (χ2n) is 5.80. The Kier molecular flexibility index (Phi) is 5.22. The number of nitrogens with zero attached hydrogens (tertiary/aromatic N) is 1. The number of likely N-dealkylation sites (N-methyl/N-ethyl adjacent to an activating group) is 1. The first kappa shape index (κ1) is 13.9. The van der Waals surface area contributed by atoms with E-state index in [1.54, 1.807) is 0 Å². The van der Waals surface area contributed by atoms with E-state index >= 15 is 0 Å². The maximum atomic E-state index is 9.28. The van der Waals surface area contributed by atoms with Crippen molar-refractivity contribution in [2.45, 2.75) is 51.2 Å². The normalized spacial score (nSPS) is 33.0. The van der Waals surface area contributed by atoms with Gasteiger partial charge in [0.2, 0.25) is 0 Å². The third-order valence-electron chi connectivity index (χ3n) is 3.91. The van der Waals surface area contributed by atoms with Crippen LogP contribution in [-0.2, 0) is 0 Å². The molecule has 1 fully saturated rings. The molecule has 3 atom stereocenters. The van der Waals surface area contributed by atoms with Crippen molar-refractivity contribution in [3.05, 3.63) is 0 Å². The van der Waals surface area contributed by atoms with E-state index in [0.29, 0.717) is 12.1 Å². The van der Waals surface area contributed by atoms with Crippen LogP contribution in [0.1, 0.15) is 39.5 Å². The largest absolute Gasteiger partial charge is 0.392 e. The summed E-state index contributed by atoms with van der Waals surface area (Å²) in [4.78, 5) is 2.37. The lowest BCUT2D eigenvalue weighted by molar-refractivity contribution is 0.0712. The van der Waals surface area contributed by atoms with Crippen molar-refractivity contribution in [2.75, 3.05) is 27.2 Å². The minimum Gasteiger partial charge on any atom is -0.392 e. The summed E-state index contributed by atoms with van der Waals surface area (Å²) < 4.78 is 0. The average Bonchev–Trinajstić information content (AvgIpc) is 2.16. The molecule has 0 saturated heterocycles. The predicted molar refractivity (Wildman–Crippen MR) is 68.6 cm³/mol. The van der Waals surface area contributed by atoms with Crippen LogP contribution in [0.4, 0.5) is 0 Å². The zero-order valence-corrected chi connectivity index (χ0v) is 11.3. The van der Waals surface area contributed by atoms with Crippen molar-refractivity contribution in [1.82, 2.24) is 10.2 Å². The molecule has 2 unspecified atom stereocenters. The molecular weight excluding hydrogens is 200 g/mol. The standard InChI is InChI=1S/C13H28N2O/c1-11-6-5-7-13(8-11,15(3)4)10-14-9-12(2)16/h11-12,14,16H,5-10H2,1-4H3/t11?,12-,13?/m1/s1. The smallest absolute Gasteiger partial charge is 0.0636 e. The van der Waals surface area contributed by atoms with Gasteiger partial charge in [-0.2, -0.15) is 0 Å². The molecule has 0 aromatic carbocycles. The summed E-state index contributed by atoms with van der Waals surface area (Å²) in [6.07, 6.45) is 4.99. The highest BCUT2D eigenvalue weighted by molar-refractivity contribution is 4.94. The number of aliphatic hydroxyl groups is 1. The third kappa shape index (κ3) is 3.72. The SMILES string of the molecule is CC1CCCC(CNC[C@@H](C)O)(N(C)C)C1. The molecule has 0 spiro atoms. The maximum absolute atomic E-state index is 9.28. The fourth-order valence-corrected chi connectivity index (χ4v) is 2.87. The first-order chi connectivity index (χ1) is 7.46. The van der Waals surface area contributed by atoms with Crippen LogP contribution in [-0.4, -0.2) is 48.8 Å². The molecule has 3 heteroatoms. The van der Waals surface area contributed by atoms with Gasteiger partial charge in [-0.1, -0.05) is 19.8 Å². The van der Waals surface area contributed by atoms with E-state index in [-0.39, 0.29) is 6.10 Å². The predicted octanol–water partition coefficient (Wildman–Crippen LogP) is 1.47. The van der Waals surface area contributed by atoms with Gasteiger partial charge in [0.05, 0.1) is 6.10 Å². The Morgan fingerprint density at radius 3 is 2.69 bits per heavy atom. The van der Waals surface area contributed by atoms with Crippen LogP contribution in [0.2, 0.25) is 0 Å². The second-order valence-corrected chi connectivity index (χ2v) is 5.80. The molecule has 1 rings (SSSR count). The molecule has 0 aromatic heterocycles. The molecule has 0 heterocycles. The van der Waals surface area contributed by atoms with Crippen molar-refractivity contribution in [3.8, 4) is 0 Å². The minimum atomic E-state index is -0.250. The topological polar surface area (TPSA) is 35.5 Å². The van der Waals surface area contributed by atoms with E-state index < -0.39 is 0 Å². The van der Waals surface area contributed by atoms with Crippen molar-refractivity contribution >= 4 is 0 Å². The van der Waals surface area contributed by atoms with Gasteiger partial charge in [-0.15, -0.1) is 0 Å². The summed E-state index contributed by atoms with van der Waals surface area (Å²) in [6.45, 7) is 5.88. The molecule has 96 valence electrons. The lowest BCUT2D eigenvalue weighted by atomic mass is 9.75. The van der Waals surface area contributed by atoms with Crippen LogP contribution >= 0.6 is 0 Å². The van der Waals surface area contributed by atoms with Crippen LogP contribution in [0.25, 0.3) is 0 Å². The lowest BCUT2D eigenvalue weighted by Crippen LogP contribution is -2.54. The fraction of sp³-hybridized carbons (Fsp3) is 1.00. The Labute approximate surface area is 100 Å². The zero-order chi connectivity index (χ0) is 12.2. The molecular formula is C13H28N2O. The monoisotopic (exact) mass is 228 g/mol. The summed E-state index contributed by atoms with van der Waals surface area (Å²) in [5.41, 5.74) is 0.298. The highest BCUT2D eigenvalue weighted by Crippen LogP contribution is 2.35. The van der Waals surface area contributed by atoms with Gasteiger partial charge in [-0.05, 0) is 39.8 Å². The summed E-state index contributed by atoms with van der Waals surface area (Å²) in [5, 5.41) is 12.7. The van der Waals surface area contributed by atoms with Gasteiger partial charge >= 0.3 is 0 Å². The first-order valence-corrected chi connectivity index (χ1v) is 6.52. The Morgan fingerprint density at radius 1 is 1.50 bits per heavy atom. The summed E-state index contributed by atoms with van der Waals surface area (Å²) >= 11 is 0. The molecule has 1 aliphatic rings. The van der Waals surface area contributed by atoms with Crippen molar-refractivity contribution in [3.63, 3.8) is 0 Å². The van der Waals surface area contributed by atoms with Crippen molar-refractivity contribution in [1.29, 1.82) is 0 Å². The van der Waals surface area contributed by atoms with Gasteiger partial charge in [0, 0.05) is 18.6 Å². The van der Waals surface area contributed by atoms with Crippen LogP contribution < -0.4 is 5.32 Å². The Hall–Kier alpha value is -0.120. The number of hydrogen-bond acceptors (Lipinski definition) is 3. The second kappa shape index (κ2) is 5.99. The Bertz CT molecular complexity index is 206. The van der Waals surface area contributed by atoms with Crippen molar-refractivity contribution < 1.29 is 5.11 Å². The van der Waals surface area contributed by atoms with E-state index in [1.165, 1.54) is 25.7 Å². The number of aliphatic hydroxyl groups excluding tert-OH is 1. The van der Waals surface area contributed by atoms with E-state index in [0.717, 1.165) is 12.5 Å². The molecule has 16 heavy (non-hydrogen) atoms. The Morgan fingerprint density at radius 2 is 2.19 bits per heavy atom. The molecule has 1 saturated carbocycles. The molecule has 0 aromatic rings. The average molecular weight is 228 g/mol. The van der Waals surface area contributed by atoms with Gasteiger partial charge < -0.3 is 15.3 Å². The van der Waals surface area contributed by atoms with Gasteiger partial charge in [-0.25, -0.2) is 0 Å².